The molecule has 1 amide bonds. The molecular formula is C12H19NO5. The van der Waals surface area contributed by atoms with Gasteiger partial charge in [-0.05, 0) is 19.3 Å². The molecule has 102 valence electrons. The second kappa shape index (κ2) is 4.85. The summed E-state index contributed by atoms with van der Waals surface area (Å²) in [6, 6.07) is -0.901. The minimum absolute atomic E-state index is 0.107. The maximum absolute atomic E-state index is 12.1. The molecule has 6 nitrogen and oxygen atoms in total. The summed E-state index contributed by atoms with van der Waals surface area (Å²) in [4.78, 5) is 24.5. The van der Waals surface area contributed by atoms with Gasteiger partial charge in [0.05, 0.1) is 18.1 Å². The van der Waals surface area contributed by atoms with Gasteiger partial charge in [0.15, 0.2) is 0 Å². The first-order valence-electron chi connectivity index (χ1n) is 6.23. The zero-order valence-electron chi connectivity index (χ0n) is 10.5. The molecule has 2 unspecified atom stereocenters. The summed E-state index contributed by atoms with van der Waals surface area (Å²) in [7, 11) is 1.58. The van der Waals surface area contributed by atoms with Gasteiger partial charge >= 0.3 is 5.97 Å². The van der Waals surface area contributed by atoms with Crippen LogP contribution >= 0.6 is 0 Å². The molecule has 0 spiro atoms. The molecule has 2 N–H and O–H groups in total. The summed E-state index contributed by atoms with van der Waals surface area (Å²) in [6.07, 6.45) is 2.29. The molecule has 1 heterocycles. The summed E-state index contributed by atoms with van der Waals surface area (Å²) < 4.78 is 5.37. The van der Waals surface area contributed by atoms with E-state index < -0.39 is 23.7 Å². The zero-order chi connectivity index (χ0) is 13.3. The highest BCUT2D eigenvalue weighted by molar-refractivity contribution is 5.85. The second-order valence-electron chi connectivity index (χ2n) is 5.21. The van der Waals surface area contributed by atoms with Crippen molar-refractivity contribution in [1.29, 1.82) is 0 Å². The van der Waals surface area contributed by atoms with Crippen LogP contribution in [0.3, 0.4) is 0 Å². The molecule has 18 heavy (non-hydrogen) atoms. The van der Waals surface area contributed by atoms with Crippen molar-refractivity contribution in [3.8, 4) is 0 Å². The van der Waals surface area contributed by atoms with Crippen molar-refractivity contribution >= 4 is 11.9 Å². The number of β-amino-alcohol motifs (C(OH)–C–C–N with tert-alkyl or cyclic N) is 1. The van der Waals surface area contributed by atoms with Crippen LogP contribution in [0.25, 0.3) is 0 Å². The lowest BCUT2D eigenvalue weighted by atomic mass is 9.77. The third kappa shape index (κ3) is 2.35. The summed E-state index contributed by atoms with van der Waals surface area (Å²) in [5.74, 6) is -1.29. The van der Waals surface area contributed by atoms with Crippen LogP contribution in [0.15, 0.2) is 0 Å². The zero-order valence-corrected chi connectivity index (χ0v) is 10.5. The largest absolute Gasteiger partial charge is 0.480 e. The van der Waals surface area contributed by atoms with Crippen LogP contribution < -0.4 is 0 Å². The molecular weight excluding hydrogens is 238 g/mol. The van der Waals surface area contributed by atoms with Crippen LogP contribution in [0, 0.1) is 0 Å². The van der Waals surface area contributed by atoms with E-state index in [0.717, 1.165) is 19.3 Å². The first kappa shape index (κ1) is 13.3. The van der Waals surface area contributed by atoms with Crippen molar-refractivity contribution in [1.82, 2.24) is 4.90 Å². The van der Waals surface area contributed by atoms with Gasteiger partial charge in [-0.25, -0.2) is 4.79 Å². The number of hydrogen-bond donors (Lipinski definition) is 2. The van der Waals surface area contributed by atoms with Crippen molar-refractivity contribution in [2.24, 2.45) is 0 Å². The van der Waals surface area contributed by atoms with Crippen LogP contribution in [0.1, 0.15) is 32.1 Å². The fourth-order valence-corrected chi connectivity index (χ4v) is 2.72. The Kier molecular flexibility index (Phi) is 3.59. The molecule has 1 saturated heterocycles. The summed E-state index contributed by atoms with van der Waals surface area (Å²) in [5.41, 5.74) is -0.409. The number of carboxylic acid groups (broad SMARTS) is 1. The maximum Gasteiger partial charge on any atom is 0.326 e. The summed E-state index contributed by atoms with van der Waals surface area (Å²) in [6.45, 7) is 0.107. The van der Waals surface area contributed by atoms with Crippen LogP contribution in [-0.2, 0) is 14.3 Å². The Bertz CT molecular complexity index is 347. The average Bonchev–Trinajstić information content (AvgIpc) is 2.66. The second-order valence-corrected chi connectivity index (χ2v) is 5.21. The molecule has 6 heteroatoms. The number of amides is 1. The van der Waals surface area contributed by atoms with Crippen LogP contribution in [0.2, 0.25) is 0 Å². The highest BCUT2D eigenvalue weighted by Gasteiger charge is 2.44. The number of nitrogens with zero attached hydrogens (tertiary/aromatic N) is 1. The number of hydrogen-bond acceptors (Lipinski definition) is 4. The van der Waals surface area contributed by atoms with Gasteiger partial charge in [0.2, 0.25) is 5.91 Å². The van der Waals surface area contributed by atoms with Crippen LogP contribution in [0.5, 0.6) is 0 Å². The predicted molar refractivity (Wildman–Crippen MR) is 62.0 cm³/mol. The predicted octanol–water partition coefficient (Wildman–Crippen LogP) is -0.00800. The Morgan fingerprint density at radius 2 is 2.11 bits per heavy atom. The Balaban J connectivity index is 2.01. The van der Waals surface area contributed by atoms with E-state index in [1.165, 1.54) is 4.90 Å². The number of methoxy groups -OCH3 is 1. The minimum Gasteiger partial charge on any atom is -0.480 e. The monoisotopic (exact) mass is 257 g/mol. The van der Waals surface area contributed by atoms with Crippen molar-refractivity contribution in [2.75, 3.05) is 13.7 Å². The molecule has 0 aromatic carbocycles. The number of aliphatic carboxylic acids is 1. The normalized spacial score (nSPS) is 30.0. The molecule has 2 atom stereocenters. The minimum atomic E-state index is -1.06. The lowest BCUT2D eigenvalue weighted by molar-refractivity contribution is -0.153. The Morgan fingerprint density at radius 1 is 1.44 bits per heavy atom. The van der Waals surface area contributed by atoms with Gasteiger partial charge in [-0.1, -0.05) is 0 Å². The van der Waals surface area contributed by atoms with Crippen molar-refractivity contribution < 1.29 is 24.5 Å². The molecule has 2 fully saturated rings. The quantitative estimate of drug-likeness (QED) is 0.739. The van der Waals surface area contributed by atoms with Crippen LogP contribution in [0.4, 0.5) is 0 Å². The number of aliphatic hydroxyl groups excluding tert-OH is 1. The van der Waals surface area contributed by atoms with Gasteiger partial charge in [0.1, 0.15) is 6.04 Å². The van der Waals surface area contributed by atoms with Crippen molar-refractivity contribution in [2.45, 2.75) is 49.9 Å². The van der Waals surface area contributed by atoms with Gasteiger partial charge in [-0.3, -0.25) is 4.79 Å². The van der Waals surface area contributed by atoms with Gasteiger partial charge < -0.3 is 19.8 Å². The van der Waals surface area contributed by atoms with Gasteiger partial charge in [0.25, 0.3) is 0 Å². The SMILES string of the molecule is COC1(CC(=O)N2CC(O)CC2C(=O)O)CCC1. The number of rotatable bonds is 4. The Labute approximate surface area is 106 Å². The molecule has 2 aliphatic rings. The first-order chi connectivity index (χ1) is 8.47. The van der Waals surface area contributed by atoms with Crippen LogP contribution in [-0.4, -0.2) is 58.4 Å². The van der Waals surface area contributed by atoms with E-state index in [4.69, 9.17) is 9.84 Å². The first-order valence-corrected chi connectivity index (χ1v) is 6.23. The van der Waals surface area contributed by atoms with E-state index >= 15 is 0 Å². The number of likely N-dealkylation sites (tertiary alicyclic amines) is 1. The average molecular weight is 257 g/mol. The highest BCUT2D eigenvalue weighted by Crippen LogP contribution is 2.39. The molecule has 1 aliphatic heterocycles. The third-order valence-corrected chi connectivity index (χ3v) is 4.06. The molecule has 0 aromatic heterocycles. The van der Waals surface area contributed by atoms with Crippen molar-refractivity contribution in [3.63, 3.8) is 0 Å². The van der Waals surface area contributed by atoms with E-state index in [2.05, 4.69) is 0 Å². The number of aliphatic hydroxyl groups is 1. The van der Waals surface area contributed by atoms with Gasteiger partial charge in [0, 0.05) is 20.1 Å². The fraction of sp³-hybridized carbons (Fsp3) is 0.833. The maximum atomic E-state index is 12.1. The van der Waals surface area contributed by atoms with Gasteiger partial charge in [-0.2, -0.15) is 0 Å². The van der Waals surface area contributed by atoms with E-state index in [1.807, 2.05) is 0 Å². The van der Waals surface area contributed by atoms with E-state index in [-0.39, 0.29) is 25.3 Å². The molecule has 0 aromatic rings. The van der Waals surface area contributed by atoms with E-state index in [0.29, 0.717) is 0 Å². The third-order valence-electron chi connectivity index (χ3n) is 4.06. The Hall–Kier alpha value is -1.14. The molecule has 0 radical (unpaired) electrons. The lowest BCUT2D eigenvalue weighted by Crippen LogP contribution is -2.48. The Morgan fingerprint density at radius 3 is 2.56 bits per heavy atom. The number of carbonyl (C=O) groups is 2. The molecule has 1 aliphatic carbocycles. The van der Waals surface area contributed by atoms with Crippen molar-refractivity contribution in [3.05, 3.63) is 0 Å². The topological polar surface area (TPSA) is 87.1 Å². The highest BCUT2D eigenvalue weighted by atomic mass is 16.5. The standard InChI is InChI=1S/C12H19NO5/c1-18-12(3-2-4-12)6-10(15)13-7-8(14)5-9(13)11(16)17/h8-9,14H,2-7H2,1H3,(H,16,17). The van der Waals surface area contributed by atoms with Gasteiger partial charge in [-0.15, -0.1) is 0 Å². The fourth-order valence-electron chi connectivity index (χ4n) is 2.72. The summed E-state index contributed by atoms with van der Waals surface area (Å²) in [5, 5.41) is 18.5. The number of ether oxygens (including phenoxy) is 1. The summed E-state index contributed by atoms with van der Waals surface area (Å²) >= 11 is 0. The van der Waals surface area contributed by atoms with E-state index in [1.54, 1.807) is 7.11 Å². The van der Waals surface area contributed by atoms with E-state index in [9.17, 15) is 14.7 Å². The number of carboxylic acids is 1. The molecule has 1 saturated carbocycles. The smallest absolute Gasteiger partial charge is 0.326 e. The molecule has 2 rings (SSSR count). The molecule has 0 bridgehead atoms. The lowest BCUT2D eigenvalue weighted by Gasteiger charge is -2.41. The number of carbonyl (C=O) groups excluding carboxylic acids is 1.